The number of carbonyl (C=O) groups is 2. The number of hydrogen-bond donors (Lipinski definition) is 2. The molecule has 2 aliphatic heterocycles. The number of rotatable bonds is 4. The molecule has 2 unspecified atom stereocenters. The Labute approximate surface area is 170 Å². The van der Waals surface area contributed by atoms with Crippen LogP contribution in [0.15, 0.2) is 48.5 Å². The first-order chi connectivity index (χ1) is 14.0. The van der Waals surface area contributed by atoms with Gasteiger partial charge in [0.1, 0.15) is 5.75 Å². The third kappa shape index (κ3) is 3.91. The molecule has 152 valence electrons. The van der Waals surface area contributed by atoms with Crippen molar-refractivity contribution in [3.8, 4) is 5.75 Å². The van der Waals surface area contributed by atoms with E-state index in [1.54, 1.807) is 12.1 Å². The zero-order chi connectivity index (χ0) is 20.4. The Bertz CT molecular complexity index is 906. The van der Waals surface area contributed by atoms with Crippen LogP contribution < -0.4 is 15.8 Å². The topological polar surface area (TPSA) is 90.7 Å². The lowest BCUT2D eigenvalue weighted by atomic mass is 9.74. The lowest BCUT2D eigenvalue weighted by Crippen LogP contribution is -2.48. The van der Waals surface area contributed by atoms with E-state index in [1.165, 1.54) is 0 Å². The molecule has 1 saturated heterocycles. The summed E-state index contributed by atoms with van der Waals surface area (Å²) in [6, 6.07) is 14.7. The molecule has 0 bridgehead atoms. The Morgan fingerprint density at radius 2 is 1.83 bits per heavy atom. The standard InChI is InChI=1S/C23H26N2O4/c1-23(9-11-28-12-10-23)21(26)20-19(15-5-3-2-4-6-15)25-14-17-8-7-16(22(24)27)13-18(17)29-20/h2-8,13,19-20,25H,9-12,14H2,1H3,(H2,24,27). The first-order valence-corrected chi connectivity index (χ1v) is 9.98. The molecule has 1 amide bonds. The van der Waals surface area contributed by atoms with Crippen molar-refractivity contribution in [1.82, 2.24) is 5.32 Å². The Hall–Kier alpha value is -2.70. The van der Waals surface area contributed by atoms with Crippen molar-refractivity contribution in [2.75, 3.05) is 13.2 Å². The van der Waals surface area contributed by atoms with Gasteiger partial charge in [0, 0.05) is 36.3 Å². The van der Waals surface area contributed by atoms with Crippen molar-refractivity contribution in [3.63, 3.8) is 0 Å². The third-order valence-corrected chi connectivity index (χ3v) is 6.03. The van der Waals surface area contributed by atoms with Gasteiger partial charge in [-0.25, -0.2) is 0 Å². The minimum Gasteiger partial charge on any atom is -0.480 e. The van der Waals surface area contributed by atoms with Crippen LogP contribution in [-0.2, 0) is 16.1 Å². The van der Waals surface area contributed by atoms with Crippen LogP contribution in [0.5, 0.6) is 5.75 Å². The second-order valence-corrected chi connectivity index (χ2v) is 8.03. The van der Waals surface area contributed by atoms with Crippen molar-refractivity contribution in [2.45, 2.75) is 38.5 Å². The van der Waals surface area contributed by atoms with Crippen LogP contribution in [0.1, 0.15) is 47.3 Å². The summed E-state index contributed by atoms with van der Waals surface area (Å²) in [6.45, 7) is 3.66. The molecule has 0 radical (unpaired) electrons. The van der Waals surface area contributed by atoms with Gasteiger partial charge in [-0.2, -0.15) is 0 Å². The summed E-state index contributed by atoms with van der Waals surface area (Å²) in [7, 11) is 0. The van der Waals surface area contributed by atoms with Crippen molar-refractivity contribution in [1.29, 1.82) is 0 Å². The number of ketones is 1. The van der Waals surface area contributed by atoms with Gasteiger partial charge in [0.2, 0.25) is 5.91 Å². The SMILES string of the molecule is CC1(C(=O)C2Oc3cc(C(N)=O)ccc3CNC2c2ccccc2)CCOCC1. The van der Waals surface area contributed by atoms with Crippen molar-refractivity contribution in [3.05, 3.63) is 65.2 Å². The largest absolute Gasteiger partial charge is 0.480 e. The molecule has 6 heteroatoms. The molecular formula is C23H26N2O4. The fraction of sp³-hybridized carbons (Fsp3) is 0.391. The average Bonchev–Trinajstić information content (AvgIpc) is 2.93. The number of benzene rings is 2. The molecule has 4 rings (SSSR count). The fourth-order valence-electron chi connectivity index (χ4n) is 4.07. The lowest BCUT2D eigenvalue weighted by Gasteiger charge is -2.37. The van der Waals surface area contributed by atoms with Crippen LogP contribution in [0.2, 0.25) is 0 Å². The Morgan fingerprint density at radius 1 is 1.10 bits per heavy atom. The normalized spacial score (nSPS) is 23.3. The van der Waals surface area contributed by atoms with Crippen LogP contribution in [0, 0.1) is 5.41 Å². The van der Waals surface area contributed by atoms with E-state index in [-0.39, 0.29) is 11.8 Å². The number of hydrogen-bond acceptors (Lipinski definition) is 5. The summed E-state index contributed by atoms with van der Waals surface area (Å²) in [4.78, 5) is 25.4. The van der Waals surface area contributed by atoms with Gasteiger partial charge in [0.15, 0.2) is 11.9 Å². The smallest absolute Gasteiger partial charge is 0.248 e. The monoisotopic (exact) mass is 394 g/mol. The number of nitrogens with one attached hydrogen (secondary N) is 1. The maximum absolute atomic E-state index is 13.7. The number of carbonyl (C=O) groups excluding carboxylic acids is 2. The van der Waals surface area contributed by atoms with Crippen molar-refractivity contribution >= 4 is 11.7 Å². The highest BCUT2D eigenvalue weighted by Crippen LogP contribution is 2.38. The second kappa shape index (κ2) is 7.97. The zero-order valence-corrected chi connectivity index (χ0v) is 16.5. The minimum absolute atomic E-state index is 0.0551. The molecule has 0 aliphatic carbocycles. The minimum atomic E-state index is -0.718. The molecule has 2 aromatic carbocycles. The summed E-state index contributed by atoms with van der Waals surface area (Å²) in [5.41, 5.74) is 7.18. The fourth-order valence-corrected chi connectivity index (χ4v) is 4.07. The molecule has 0 saturated carbocycles. The van der Waals surface area contributed by atoms with Gasteiger partial charge in [-0.1, -0.05) is 43.3 Å². The van der Waals surface area contributed by atoms with Crippen LogP contribution in [-0.4, -0.2) is 31.0 Å². The van der Waals surface area contributed by atoms with Crippen LogP contribution in [0.25, 0.3) is 0 Å². The quantitative estimate of drug-likeness (QED) is 0.832. The molecule has 3 N–H and O–H groups in total. The summed E-state index contributed by atoms with van der Waals surface area (Å²) in [6.07, 6.45) is 0.618. The summed E-state index contributed by atoms with van der Waals surface area (Å²) in [5, 5.41) is 3.50. The van der Waals surface area contributed by atoms with Gasteiger partial charge in [-0.05, 0) is 30.5 Å². The van der Waals surface area contributed by atoms with E-state index in [0.29, 0.717) is 43.9 Å². The molecule has 29 heavy (non-hydrogen) atoms. The van der Waals surface area contributed by atoms with Crippen molar-refractivity contribution in [2.24, 2.45) is 11.1 Å². The third-order valence-electron chi connectivity index (χ3n) is 6.03. The van der Waals surface area contributed by atoms with E-state index in [9.17, 15) is 9.59 Å². The maximum atomic E-state index is 13.7. The van der Waals surface area contributed by atoms with Gasteiger partial charge in [-0.3, -0.25) is 9.59 Å². The summed E-state index contributed by atoms with van der Waals surface area (Å²) < 4.78 is 11.8. The zero-order valence-electron chi connectivity index (χ0n) is 16.5. The molecular weight excluding hydrogens is 368 g/mol. The first kappa shape index (κ1) is 19.6. The molecule has 2 aromatic rings. The predicted octanol–water partition coefficient (Wildman–Crippen LogP) is 2.76. The maximum Gasteiger partial charge on any atom is 0.248 e. The molecule has 0 aromatic heterocycles. The number of nitrogens with two attached hydrogens (primary N) is 1. The number of amides is 1. The highest BCUT2D eigenvalue weighted by Gasteiger charge is 2.44. The predicted molar refractivity (Wildman–Crippen MR) is 109 cm³/mol. The molecule has 2 atom stereocenters. The van der Waals surface area contributed by atoms with Gasteiger partial charge in [-0.15, -0.1) is 0 Å². The van der Waals surface area contributed by atoms with E-state index in [0.717, 1.165) is 11.1 Å². The van der Waals surface area contributed by atoms with Crippen molar-refractivity contribution < 1.29 is 19.1 Å². The van der Waals surface area contributed by atoms with Gasteiger partial charge >= 0.3 is 0 Å². The summed E-state index contributed by atoms with van der Waals surface area (Å²) in [5.74, 6) is 0.0632. The number of ether oxygens (including phenoxy) is 2. The Morgan fingerprint density at radius 3 is 2.52 bits per heavy atom. The Kier molecular flexibility index (Phi) is 5.39. The molecule has 1 fully saturated rings. The second-order valence-electron chi connectivity index (χ2n) is 8.03. The first-order valence-electron chi connectivity index (χ1n) is 9.98. The van der Waals surface area contributed by atoms with Gasteiger partial charge in [0.05, 0.1) is 6.04 Å². The number of fused-ring (bicyclic) bond motifs is 1. The molecule has 0 spiro atoms. The van der Waals surface area contributed by atoms with Crippen LogP contribution >= 0.6 is 0 Å². The average molecular weight is 394 g/mol. The molecule has 2 aliphatic rings. The van der Waals surface area contributed by atoms with E-state index in [4.69, 9.17) is 15.2 Å². The van der Waals surface area contributed by atoms with E-state index >= 15 is 0 Å². The lowest BCUT2D eigenvalue weighted by molar-refractivity contribution is -0.141. The highest BCUT2D eigenvalue weighted by atomic mass is 16.5. The van der Waals surface area contributed by atoms with Gasteiger partial charge < -0.3 is 20.5 Å². The van der Waals surface area contributed by atoms with E-state index in [2.05, 4.69) is 5.32 Å². The highest BCUT2D eigenvalue weighted by molar-refractivity contribution is 5.93. The van der Waals surface area contributed by atoms with Crippen LogP contribution in [0.3, 0.4) is 0 Å². The number of Topliss-reactive ketones (excluding diaryl/α,β-unsaturated/α-hetero) is 1. The Balaban J connectivity index is 1.74. The molecule has 2 heterocycles. The molecule has 6 nitrogen and oxygen atoms in total. The summed E-state index contributed by atoms with van der Waals surface area (Å²) >= 11 is 0. The van der Waals surface area contributed by atoms with Gasteiger partial charge in [0.25, 0.3) is 0 Å². The number of primary amides is 1. The van der Waals surface area contributed by atoms with E-state index in [1.807, 2.05) is 43.3 Å². The van der Waals surface area contributed by atoms with E-state index < -0.39 is 17.4 Å². The van der Waals surface area contributed by atoms with Crippen LogP contribution in [0.4, 0.5) is 0 Å².